The van der Waals surface area contributed by atoms with Crippen molar-refractivity contribution in [1.29, 1.82) is 0 Å². The van der Waals surface area contributed by atoms with Crippen LogP contribution in [0.15, 0.2) is 84.4 Å². The van der Waals surface area contributed by atoms with E-state index in [-0.39, 0.29) is 12.2 Å². The summed E-state index contributed by atoms with van der Waals surface area (Å²) < 4.78 is 6.12. The largest absolute Gasteiger partial charge is 0.488 e. The van der Waals surface area contributed by atoms with Crippen LogP contribution in [-0.4, -0.2) is 17.8 Å². The highest BCUT2D eigenvalue weighted by Gasteiger charge is 2.37. The van der Waals surface area contributed by atoms with Crippen LogP contribution >= 0.6 is 23.2 Å². The van der Waals surface area contributed by atoms with Crippen LogP contribution in [0.1, 0.15) is 16.7 Å². The Morgan fingerprint density at radius 2 is 1.62 bits per heavy atom. The van der Waals surface area contributed by atoms with Gasteiger partial charge in [0.25, 0.3) is 11.8 Å². The topological polar surface area (TPSA) is 75.7 Å². The molecule has 0 unspecified atom stereocenters. The van der Waals surface area contributed by atoms with Crippen molar-refractivity contribution in [3.63, 3.8) is 0 Å². The molecule has 4 aromatic rings. The van der Waals surface area contributed by atoms with Crippen molar-refractivity contribution in [3.8, 4) is 5.75 Å². The van der Waals surface area contributed by atoms with Gasteiger partial charge in [-0.1, -0.05) is 71.7 Å². The van der Waals surface area contributed by atoms with Crippen molar-refractivity contribution in [2.24, 2.45) is 0 Å². The molecule has 37 heavy (non-hydrogen) atoms. The number of ether oxygens (including phenoxy) is 1. The molecular formula is C29H20Cl2N2O4. The third-order valence-corrected chi connectivity index (χ3v) is 6.53. The van der Waals surface area contributed by atoms with Crippen molar-refractivity contribution >= 4 is 63.6 Å². The molecular weight excluding hydrogens is 511 g/mol. The summed E-state index contributed by atoms with van der Waals surface area (Å²) >= 11 is 12.1. The summed E-state index contributed by atoms with van der Waals surface area (Å²) in [5.41, 5.74) is 2.19. The Morgan fingerprint density at radius 1 is 0.892 bits per heavy atom. The molecule has 1 aliphatic heterocycles. The fourth-order valence-electron chi connectivity index (χ4n) is 4.14. The lowest BCUT2D eigenvalue weighted by Gasteiger charge is -2.28. The first-order valence-corrected chi connectivity index (χ1v) is 12.1. The Labute approximate surface area is 223 Å². The molecule has 1 heterocycles. The lowest BCUT2D eigenvalue weighted by atomic mass is 9.99. The fraction of sp³-hybridized carbons (Fsp3) is 0.0690. The van der Waals surface area contributed by atoms with Gasteiger partial charge >= 0.3 is 6.03 Å². The standard InChI is InChI=1S/C29H20Cl2N2O4/c1-17-6-10-21(31)14-25(17)33-28(35)24(27(34)32-29(33)36)15-23-22-5-3-2-4-19(22)9-13-26(23)37-16-18-7-11-20(30)12-8-18/h2-15H,16H2,1H3,(H,32,34,36)/b24-15+. The van der Waals surface area contributed by atoms with Crippen LogP contribution in [-0.2, 0) is 16.2 Å². The minimum absolute atomic E-state index is 0.202. The summed E-state index contributed by atoms with van der Waals surface area (Å²) in [6, 6.07) is 22.6. The van der Waals surface area contributed by atoms with E-state index in [2.05, 4.69) is 5.32 Å². The van der Waals surface area contributed by atoms with Crippen molar-refractivity contribution in [3.05, 3.63) is 111 Å². The quantitative estimate of drug-likeness (QED) is 0.230. The fourth-order valence-corrected chi connectivity index (χ4v) is 4.43. The smallest absolute Gasteiger partial charge is 0.335 e. The van der Waals surface area contributed by atoms with E-state index < -0.39 is 17.8 Å². The maximum Gasteiger partial charge on any atom is 0.335 e. The zero-order valence-corrected chi connectivity index (χ0v) is 21.1. The summed E-state index contributed by atoms with van der Waals surface area (Å²) in [6.45, 7) is 2.00. The van der Waals surface area contributed by atoms with E-state index in [1.807, 2.05) is 42.5 Å². The van der Waals surface area contributed by atoms with E-state index in [0.717, 1.165) is 21.2 Å². The van der Waals surface area contributed by atoms with Crippen molar-refractivity contribution in [2.75, 3.05) is 4.90 Å². The maximum atomic E-state index is 13.6. The Hall–Kier alpha value is -4.13. The second-order valence-electron chi connectivity index (χ2n) is 8.50. The highest BCUT2D eigenvalue weighted by Crippen LogP contribution is 2.33. The first kappa shape index (κ1) is 24.6. The van der Waals surface area contributed by atoms with Gasteiger partial charge in [-0.15, -0.1) is 0 Å². The third-order valence-electron chi connectivity index (χ3n) is 6.04. The van der Waals surface area contributed by atoms with Gasteiger partial charge < -0.3 is 4.74 Å². The van der Waals surface area contributed by atoms with Gasteiger partial charge in [0.15, 0.2) is 0 Å². The molecule has 6 nitrogen and oxygen atoms in total. The van der Waals surface area contributed by atoms with Crippen LogP contribution in [0.3, 0.4) is 0 Å². The number of carbonyl (C=O) groups excluding carboxylic acids is 3. The van der Waals surface area contributed by atoms with Gasteiger partial charge in [-0.3, -0.25) is 14.9 Å². The van der Waals surface area contributed by atoms with Gasteiger partial charge in [-0.05, 0) is 65.2 Å². The molecule has 4 amide bonds. The minimum Gasteiger partial charge on any atom is -0.488 e. The number of urea groups is 1. The molecule has 1 fully saturated rings. The van der Waals surface area contributed by atoms with Crippen LogP contribution in [0.4, 0.5) is 10.5 Å². The van der Waals surface area contributed by atoms with E-state index in [9.17, 15) is 14.4 Å². The lowest BCUT2D eigenvalue weighted by Crippen LogP contribution is -2.54. The van der Waals surface area contributed by atoms with Crippen LogP contribution in [0.25, 0.3) is 16.8 Å². The average molecular weight is 531 g/mol. The van der Waals surface area contributed by atoms with Gasteiger partial charge in [0, 0.05) is 15.6 Å². The molecule has 8 heteroatoms. The summed E-state index contributed by atoms with van der Waals surface area (Å²) in [5.74, 6) is -1.07. The number of halogens is 2. The van der Waals surface area contributed by atoms with E-state index in [1.54, 1.807) is 37.3 Å². The molecule has 0 bridgehead atoms. The van der Waals surface area contributed by atoms with E-state index in [4.69, 9.17) is 27.9 Å². The number of nitrogens with zero attached hydrogens (tertiary/aromatic N) is 1. The van der Waals surface area contributed by atoms with Gasteiger partial charge in [-0.25, -0.2) is 9.69 Å². The summed E-state index contributed by atoms with van der Waals surface area (Å²) in [5, 5.41) is 4.93. The molecule has 0 aliphatic carbocycles. The first-order valence-electron chi connectivity index (χ1n) is 11.4. The summed E-state index contributed by atoms with van der Waals surface area (Å²) in [4.78, 5) is 40.1. The number of nitrogens with one attached hydrogen (secondary N) is 1. The predicted octanol–water partition coefficient (Wildman–Crippen LogP) is 6.70. The second-order valence-corrected chi connectivity index (χ2v) is 9.38. The van der Waals surface area contributed by atoms with Crippen molar-refractivity contribution in [2.45, 2.75) is 13.5 Å². The number of aryl methyl sites for hydroxylation is 1. The molecule has 0 radical (unpaired) electrons. The highest BCUT2D eigenvalue weighted by molar-refractivity contribution is 6.40. The van der Waals surface area contributed by atoms with Crippen molar-refractivity contribution < 1.29 is 19.1 Å². The van der Waals surface area contributed by atoms with Gasteiger partial charge in [0.05, 0.1) is 5.69 Å². The predicted molar refractivity (Wildman–Crippen MR) is 145 cm³/mol. The van der Waals surface area contributed by atoms with Crippen LogP contribution in [0.2, 0.25) is 10.0 Å². The highest BCUT2D eigenvalue weighted by atomic mass is 35.5. The first-order chi connectivity index (χ1) is 17.8. The van der Waals surface area contributed by atoms with E-state index >= 15 is 0 Å². The Bertz CT molecular complexity index is 1600. The molecule has 0 aromatic heterocycles. The number of anilines is 1. The number of rotatable bonds is 5. The molecule has 4 aromatic carbocycles. The normalized spacial score (nSPS) is 14.8. The van der Waals surface area contributed by atoms with E-state index in [1.165, 1.54) is 12.1 Å². The molecule has 0 saturated carbocycles. The average Bonchev–Trinajstić information content (AvgIpc) is 2.88. The molecule has 1 saturated heterocycles. The zero-order chi connectivity index (χ0) is 26.1. The molecule has 5 rings (SSSR count). The number of hydrogen-bond donors (Lipinski definition) is 1. The molecule has 1 aliphatic rings. The second kappa shape index (κ2) is 10.1. The summed E-state index contributed by atoms with van der Waals surface area (Å²) in [6.07, 6.45) is 1.47. The number of imide groups is 2. The van der Waals surface area contributed by atoms with Crippen molar-refractivity contribution in [1.82, 2.24) is 5.32 Å². The molecule has 0 spiro atoms. The van der Waals surface area contributed by atoms with Crippen LogP contribution in [0.5, 0.6) is 5.75 Å². The van der Waals surface area contributed by atoms with Gasteiger partial charge in [-0.2, -0.15) is 0 Å². The van der Waals surface area contributed by atoms with Crippen LogP contribution < -0.4 is 15.0 Å². The Kier molecular flexibility index (Phi) is 6.70. The molecule has 1 N–H and O–H groups in total. The Morgan fingerprint density at radius 3 is 2.41 bits per heavy atom. The number of fused-ring (bicyclic) bond motifs is 1. The molecule has 0 atom stereocenters. The van der Waals surface area contributed by atoms with E-state index in [0.29, 0.717) is 32.6 Å². The molecule has 184 valence electrons. The van der Waals surface area contributed by atoms with Gasteiger partial charge in [0.2, 0.25) is 0 Å². The SMILES string of the molecule is Cc1ccc(Cl)cc1N1C(=O)NC(=O)/C(=C\c2c(OCc3ccc(Cl)cc3)ccc3ccccc23)C1=O. The van der Waals surface area contributed by atoms with Gasteiger partial charge in [0.1, 0.15) is 17.9 Å². The monoisotopic (exact) mass is 530 g/mol. The number of benzene rings is 4. The number of hydrogen-bond acceptors (Lipinski definition) is 4. The summed E-state index contributed by atoms with van der Waals surface area (Å²) in [7, 11) is 0. The number of carbonyl (C=O) groups is 3. The number of barbiturate groups is 1. The Balaban J connectivity index is 1.59. The number of amides is 4. The lowest BCUT2D eigenvalue weighted by molar-refractivity contribution is -0.122. The minimum atomic E-state index is -0.838. The van der Waals surface area contributed by atoms with Crippen LogP contribution in [0, 0.1) is 6.92 Å². The third kappa shape index (κ3) is 4.94. The zero-order valence-electron chi connectivity index (χ0n) is 19.6. The maximum absolute atomic E-state index is 13.6.